The molecule has 4 heteroatoms. The number of rotatable bonds is 4. The van der Waals surface area contributed by atoms with Gasteiger partial charge in [-0.1, -0.05) is 6.42 Å². The fourth-order valence-electron chi connectivity index (χ4n) is 4.02. The van der Waals surface area contributed by atoms with Gasteiger partial charge in [-0.15, -0.1) is 0 Å². The predicted octanol–water partition coefficient (Wildman–Crippen LogP) is 1.79. The van der Waals surface area contributed by atoms with Crippen molar-refractivity contribution in [1.82, 2.24) is 10.2 Å². The molecule has 3 rings (SSSR count). The Morgan fingerprint density at radius 2 is 2.15 bits per heavy atom. The highest BCUT2D eigenvalue weighted by atomic mass is 16.6. The first-order valence-corrected chi connectivity index (χ1v) is 8.44. The molecule has 0 aromatic heterocycles. The molecule has 3 fully saturated rings. The summed E-state index contributed by atoms with van der Waals surface area (Å²) < 4.78 is 12.2. The van der Waals surface area contributed by atoms with Crippen LogP contribution in [0.15, 0.2) is 0 Å². The molecule has 0 bridgehead atoms. The van der Waals surface area contributed by atoms with Crippen LogP contribution in [0.25, 0.3) is 0 Å². The van der Waals surface area contributed by atoms with E-state index in [4.69, 9.17) is 9.47 Å². The highest BCUT2D eigenvalue weighted by Gasteiger charge is 2.41. The lowest BCUT2D eigenvalue weighted by atomic mass is 9.89. The third-order valence-corrected chi connectivity index (χ3v) is 5.42. The van der Waals surface area contributed by atoms with Gasteiger partial charge in [-0.25, -0.2) is 0 Å². The quantitative estimate of drug-likeness (QED) is 0.852. The topological polar surface area (TPSA) is 33.7 Å². The molecule has 3 aliphatic heterocycles. The van der Waals surface area contributed by atoms with Crippen molar-refractivity contribution in [3.63, 3.8) is 0 Å². The van der Waals surface area contributed by atoms with Gasteiger partial charge in [-0.2, -0.15) is 0 Å². The van der Waals surface area contributed by atoms with Gasteiger partial charge in [-0.3, -0.25) is 0 Å². The summed E-state index contributed by atoms with van der Waals surface area (Å²) in [5.74, 6) is 0. The zero-order valence-corrected chi connectivity index (χ0v) is 12.9. The van der Waals surface area contributed by atoms with Crippen LogP contribution in [0, 0.1) is 0 Å². The Balaban J connectivity index is 1.37. The van der Waals surface area contributed by atoms with Gasteiger partial charge in [0.05, 0.1) is 18.3 Å². The highest BCUT2D eigenvalue weighted by molar-refractivity contribution is 4.93. The largest absolute Gasteiger partial charge is 0.376 e. The van der Waals surface area contributed by atoms with E-state index >= 15 is 0 Å². The number of ether oxygens (including phenoxy) is 2. The molecule has 0 aromatic carbocycles. The fraction of sp³-hybridized carbons (Fsp3) is 1.00. The molecular weight excluding hydrogens is 252 g/mol. The maximum Gasteiger partial charge on any atom is 0.0836 e. The highest BCUT2D eigenvalue weighted by Crippen LogP contribution is 2.35. The summed E-state index contributed by atoms with van der Waals surface area (Å²) in [4.78, 5) is 2.51. The van der Waals surface area contributed by atoms with Crippen LogP contribution in [-0.4, -0.2) is 62.5 Å². The molecule has 2 atom stereocenters. The van der Waals surface area contributed by atoms with E-state index < -0.39 is 0 Å². The summed E-state index contributed by atoms with van der Waals surface area (Å²) in [7, 11) is 2.26. The maximum absolute atomic E-state index is 6.11. The third-order valence-electron chi connectivity index (χ3n) is 5.42. The monoisotopic (exact) mass is 282 g/mol. The van der Waals surface area contributed by atoms with Gasteiger partial charge < -0.3 is 19.7 Å². The molecule has 0 aliphatic carbocycles. The molecule has 3 aliphatic rings. The van der Waals surface area contributed by atoms with Crippen molar-refractivity contribution in [1.29, 1.82) is 0 Å². The van der Waals surface area contributed by atoms with Crippen molar-refractivity contribution in [3.8, 4) is 0 Å². The van der Waals surface area contributed by atoms with Gasteiger partial charge in [0, 0.05) is 19.1 Å². The molecule has 0 amide bonds. The van der Waals surface area contributed by atoms with Crippen molar-refractivity contribution in [3.05, 3.63) is 0 Å². The van der Waals surface area contributed by atoms with Crippen molar-refractivity contribution < 1.29 is 9.47 Å². The summed E-state index contributed by atoms with van der Waals surface area (Å²) in [6.45, 7) is 5.16. The Bertz CT molecular complexity index is 305. The van der Waals surface area contributed by atoms with Gasteiger partial charge in [0.1, 0.15) is 0 Å². The van der Waals surface area contributed by atoms with E-state index in [1.807, 2.05) is 0 Å². The third kappa shape index (κ3) is 3.53. The van der Waals surface area contributed by atoms with Crippen molar-refractivity contribution in [2.75, 3.05) is 39.9 Å². The number of piperidine rings is 2. The number of hydrogen-bond acceptors (Lipinski definition) is 4. The Morgan fingerprint density at radius 3 is 2.95 bits per heavy atom. The Morgan fingerprint density at radius 1 is 1.30 bits per heavy atom. The average Bonchev–Trinajstić information content (AvgIpc) is 2.85. The molecule has 3 heterocycles. The zero-order valence-electron chi connectivity index (χ0n) is 12.9. The minimum absolute atomic E-state index is 0.136. The van der Waals surface area contributed by atoms with Crippen LogP contribution in [0.5, 0.6) is 0 Å². The lowest BCUT2D eigenvalue weighted by molar-refractivity contribution is -0.0240. The second kappa shape index (κ2) is 6.73. The normalized spacial score (nSPS) is 34.6. The van der Waals surface area contributed by atoms with Crippen LogP contribution in [-0.2, 0) is 9.47 Å². The molecule has 4 nitrogen and oxygen atoms in total. The van der Waals surface area contributed by atoms with Crippen LogP contribution in [0.3, 0.4) is 0 Å². The van der Waals surface area contributed by atoms with Gasteiger partial charge in [0.25, 0.3) is 0 Å². The standard InChI is InChI=1S/C16H30N2O2/c1-18-10-3-2-4-14(18)5-11-19-15-12-16(20-13-15)6-8-17-9-7-16/h14-15,17H,2-13H2,1H3. The summed E-state index contributed by atoms with van der Waals surface area (Å²) in [6, 6.07) is 0.735. The first-order chi connectivity index (χ1) is 9.77. The number of likely N-dealkylation sites (tertiary alicyclic amines) is 1. The number of nitrogens with zero attached hydrogens (tertiary/aromatic N) is 1. The zero-order chi connectivity index (χ0) is 13.8. The fourth-order valence-corrected chi connectivity index (χ4v) is 4.02. The van der Waals surface area contributed by atoms with Gasteiger partial charge in [-0.05, 0) is 58.8 Å². The molecule has 0 aromatic rings. The lowest BCUT2D eigenvalue weighted by Crippen LogP contribution is -2.41. The minimum Gasteiger partial charge on any atom is -0.376 e. The Kier molecular flexibility index (Phi) is 4.97. The SMILES string of the molecule is CN1CCCCC1CCOC1COC2(CCNCC2)C1. The number of hydrogen-bond donors (Lipinski definition) is 1. The second-order valence-electron chi connectivity index (χ2n) is 6.86. The molecule has 0 saturated carbocycles. The molecule has 2 unspecified atom stereocenters. The van der Waals surface area contributed by atoms with Gasteiger partial charge >= 0.3 is 0 Å². The summed E-state index contributed by atoms with van der Waals surface area (Å²) in [5, 5.41) is 3.42. The second-order valence-corrected chi connectivity index (χ2v) is 6.86. The molecule has 0 radical (unpaired) electrons. The van der Waals surface area contributed by atoms with Crippen LogP contribution in [0.4, 0.5) is 0 Å². The first-order valence-electron chi connectivity index (χ1n) is 8.44. The Hall–Kier alpha value is -0.160. The van der Waals surface area contributed by atoms with E-state index in [1.54, 1.807) is 0 Å². The van der Waals surface area contributed by atoms with Crippen LogP contribution >= 0.6 is 0 Å². The van der Waals surface area contributed by atoms with E-state index in [2.05, 4.69) is 17.3 Å². The van der Waals surface area contributed by atoms with Crippen molar-refractivity contribution in [2.24, 2.45) is 0 Å². The average molecular weight is 282 g/mol. The van der Waals surface area contributed by atoms with Crippen LogP contribution < -0.4 is 5.32 Å². The van der Waals surface area contributed by atoms with E-state index in [0.29, 0.717) is 6.10 Å². The van der Waals surface area contributed by atoms with E-state index in [1.165, 1.54) is 32.2 Å². The minimum atomic E-state index is 0.136. The van der Waals surface area contributed by atoms with Gasteiger partial charge in [0.15, 0.2) is 0 Å². The molecule has 1 spiro atoms. The van der Waals surface area contributed by atoms with E-state index in [0.717, 1.165) is 51.6 Å². The molecule has 3 saturated heterocycles. The van der Waals surface area contributed by atoms with Crippen molar-refractivity contribution in [2.45, 2.75) is 62.7 Å². The lowest BCUT2D eigenvalue weighted by Gasteiger charge is -2.33. The molecular formula is C16H30N2O2. The summed E-state index contributed by atoms with van der Waals surface area (Å²) in [6.07, 6.45) is 9.02. The van der Waals surface area contributed by atoms with Gasteiger partial charge in [0.2, 0.25) is 0 Å². The van der Waals surface area contributed by atoms with Crippen molar-refractivity contribution >= 4 is 0 Å². The molecule has 116 valence electrons. The molecule has 1 N–H and O–H groups in total. The van der Waals surface area contributed by atoms with Crippen LogP contribution in [0.2, 0.25) is 0 Å². The molecule has 20 heavy (non-hydrogen) atoms. The summed E-state index contributed by atoms with van der Waals surface area (Å²) >= 11 is 0. The first kappa shape index (κ1) is 14.8. The predicted molar refractivity (Wildman–Crippen MR) is 80.0 cm³/mol. The maximum atomic E-state index is 6.11. The summed E-state index contributed by atoms with van der Waals surface area (Å²) in [5.41, 5.74) is 0.136. The smallest absolute Gasteiger partial charge is 0.0836 e. The van der Waals surface area contributed by atoms with Crippen LogP contribution in [0.1, 0.15) is 44.9 Å². The van der Waals surface area contributed by atoms with E-state index in [-0.39, 0.29) is 5.60 Å². The Labute approximate surface area is 123 Å². The number of nitrogens with one attached hydrogen (secondary N) is 1. The van der Waals surface area contributed by atoms with E-state index in [9.17, 15) is 0 Å².